The third-order valence-corrected chi connectivity index (χ3v) is 6.54. The molecule has 1 atom stereocenters. The zero-order chi connectivity index (χ0) is 19.5. The Hall–Kier alpha value is 0.110. The molecule has 0 rings (SSSR count). The Morgan fingerprint density at radius 2 is 1.04 bits per heavy atom. The van der Waals surface area contributed by atoms with E-state index >= 15 is 0 Å². The van der Waals surface area contributed by atoms with Crippen LogP contribution in [0, 0.1) is 0 Å². The second-order valence-electron chi connectivity index (χ2n) is 7.52. The summed E-state index contributed by atoms with van der Waals surface area (Å²) in [4.78, 5) is 10.4. The third-order valence-electron chi connectivity index (χ3n) is 4.90. The normalized spacial score (nSPS) is 14.0. The Morgan fingerprint density at radius 3 is 1.46 bits per heavy atom. The predicted octanol–water partition coefficient (Wildman–Crippen LogP) is 7.32. The maximum Gasteiger partial charge on any atom is 0.405 e. The topological polar surface area (TPSA) is 49.8 Å². The lowest BCUT2D eigenvalue weighted by Gasteiger charge is -2.26. The summed E-state index contributed by atoms with van der Waals surface area (Å²) in [5.41, 5.74) is 0. The van der Waals surface area contributed by atoms with Gasteiger partial charge in [0, 0.05) is 13.1 Å². The smallest absolute Gasteiger partial charge is 0.312 e. The van der Waals surface area contributed by atoms with Crippen LogP contribution in [0.15, 0.2) is 0 Å². The van der Waals surface area contributed by atoms with E-state index in [1.54, 1.807) is 4.67 Å². The number of hydrogen-bond donors (Lipinski definition) is 1. The van der Waals surface area contributed by atoms with Crippen molar-refractivity contribution < 1.29 is 14.0 Å². The van der Waals surface area contributed by atoms with Gasteiger partial charge in [-0.1, -0.05) is 97.8 Å². The molecule has 0 aliphatic heterocycles. The van der Waals surface area contributed by atoms with E-state index in [0.29, 0.717) is 19.7 Å². The number of rotatable bonds is 20. The van der Waals surface area contributed by atoms with Gasteiger partial charge in [0.1, 0.15) is 0 Å². The van der Waals surface area contributed by atoms with Crippen LogP contribution in [0.4, 0.5) is 0 Å². The van der Waals surface area contributed by atoms with E-state index in [1.807, 2.05) is 0 Å². The van der Waals surface area contributed by atoms with E-state index in [9.17, 15) is 9.46 Å². The Kier molecular flexibility index (Phi) is 18.6. The monoisotopic (exact) mass is 391 g/mol. The first-order chi connectivity index (χ1) is 12.6. The summed E-state index contributed by atoms with van der Waals surface area (Å²) < 4.78 is 19.9. The van der Waals surface area contributed by atoms with E-state index < -0.39 is 7.75 Å². The molecule has 0 aliphatic carbocycles. The molecular weight excluding hydrogens is 345 g/mol. The lowest BCUT2D eigenvalue weighted by molar-refractivity contribution is 0.194. The maximum absolute atomic E-state index is 12.7. The Labute approximate surface area is 163 Å². The fraction of sp³-hybridized carbons (Fsp3) is 1.00. The van der Waals surface area contributed by atoms with Gasteiger partial charge in [-0.2, -0.15) is 0 Å². The van der Waals surface area contributed by atoms with Crippen LogP contribution < -0.4 is 0 Å². The fourth-order valence-electron chi connectivity index (χ4n) is 3.13. The van der Waals surface area contributed by atoms with Crippen molar-refractivity contribution in [2.75, 3.05) is 19.7 Å². The molecule has 0 radical (unpaired) electrons. The van der Waals surface area contributed by atoms with Crippen LogP contribution >= 0.6 is 7.75 Å². The van der Waals surface area contributed by atoms with Crippen LogP contribution in [0.5, 0.6) is 0 Å². The van der Waals surface area contributed by atoms with Crippen molar-refractivity contribution in [3.8, 4) is 0 Å². The van der Waals surface area contributed by atoms with E-state index in [2.05, 4.69) is 20.8 Å². The van der Waals surface area contributed by atoms with E-state index in [4.69, 9.17) is 4.52 Å². The summed E-state index contributed by atoms with van der Waals surface area (Å²) in [5, 5.41) is 0. The standard InChI is InChI=1S/C21H46NO3P/c1-4-7-10-13-16-19-22(20-17-14-11-8-5-2)26(23,24)25-21-18-15-12-9-6-3/h4-21H2,1-3H3,(H,23,24). The zero-order valence-corrected chi connectivity index (χ0v) is 18.8. The highest BCUT2D eigenvalue weighted by Gasteiger charge is 2.28. The number of hydrogen-bond acceptors (Lipinski definition) is 2. The van der Waals surface area contributed by atoms with Crippen LogP contribution in [-0.4, -0.2) is 29.3 Å². The first kappa shape index (κ1) is 26.1. The van der Waals surface area contributed by atoms with Crippen LogP contribution in [0.3, 0.4) is 0 Å². The largest absolute Gasteiger partial charge is 0.405 e. The quantitative estimate of drug-likeness (QED) is 0.174. The molecule has 0 aliphatic rings. The van der Waals surface area contributed by atoms with Gasteiger partial charge in [0.2, 0.25) is 0 Å². The van der Waals surface area contributed by atoms with Crippen LogP contribution in [0.25, 0.3) is 0 Å². The molecule has 1 unspecified atom stereocenters. The molecule has 0 amide bonds. The Balaban J connectivity index is 4.25. The highest BCUT2D eigenvalue weighted by atomic mass is 31.2. The lowest BCUT2D eigenvalue weighted by atomic mass is 10.1. The summed E-state index contributed by atoms with van der Waals surface area (Å²) >= 11 is 0. The molecule has 4 nitrogen and oxygen atoms in total. The van der Waals surface area contributed by atoms with Gasteiger partial charge < -0.3 is 4.89 Å². The molecule has 1 N–H and O–H groups in total. The van der Waals surface area contributed by atoms with Crippen molar-refractivity contribution in [3.63, 3.8) is 0 Å². The molecule has 0 aromatic heterocycles. The molecule has 0 aromatic carbocycles. The third kappa shape index (κ3) is 15.2. The van der Waals surface area contributed by atoms with Gasteiger partial charge >= 0.3 is 7.75 Å². The minimum absolute atomic E-state index is 0.402. The van der Waals surface area contributed by atoms with Gasteiger partial charge in [-0.3, -0.25) is 4.52 Å². The summed E-state index contributed by atoms with van der Waals surface area (Å²) in [6.07, 6.45) is 17.2. The summed E-state index contributed by atoms with van der Waals surface area (Å²) in [7, 11) is -3.64. The Bertz CT molecular complexity index is 325. The first-order valence-electron chi connectivity index (χ1n) is 11.3. The molecule has 0 fully saturated rings. The van der Waals surface area contributed by atoms with E-state index in [-0.39, 0.29) is 0 Å². The average Bonchev–Trinajstić information content (AvgIpc) is 2.62. The second-order valence-corrected chi connectivity index (χ2v) is 9.33. The van der Waals surface area contributed by atoms with Crippen molar-refractivity contribution in [1.82, 2.24) is 4.67 Å². The van der Waals surface area contributed by atoms with Crippen molar-refractivity contribution in [3.05, 3.63) is 0 Å². The molecule has 0 aromatic rings. The molecule has 0 heterocycles. The number of unbranched alkanes of at least 4 members (excludes halogenated alkanes) is 12. The minimum atomic E-state index is -3.64. The molecule has 26 heavy (non-hydrogen) atoms. The highest BCUT2D eigenvalue weighted by molar-refractivity contribution is 7.50. The molecular formula is C21H46NO3P. The minimum Gasteiger partial charge on any atom is -0.312 e. The van der Waals surface area contributed by atoms with Gasteiger partial charge in [0.25, 0.3) is 0 Å². The van der Waals surface area contributed by atoms with Crippen LogP contribution in [0.1, 0.15) is 117 Å². The van der Waals surface area contributed by atoms with Gasteiger partial charge in [-0.15, -0.1) is 0 Å². The summed E-state index contributed by atoms with van der Waals surface area (Å²) in [5.74, 6) is 0. The average molecular weight is 392 g/mol. The van der Waals surface area contributed by atoms with Crippen molar-refractivity contribution in [2.45, 2.75) is 117 Å². The first-order valence-corrected chi connectivity index (χ1v) is 12.8. The van der Waals surface area contributed by atoms with Gasteiger partial charge in [0.05, 0.1) is 6.61 Å². The van der Waals surface area contributed by atoms with E-state index in [0.717, 1.165) is 38.5 Å². The SMILES string of the molecule is CCCCCCCOP(=O)(O)N(CCCCCCC)CCCCCCC. The van der Waals surface area contributed by atoms with Crippen molar-refractivity contribution in [2.24, 2.45) is 0 Å². The molecule has 158 valence electrons. The highest BCUT2D eigenvalue weighted by Crippen LogP contribution is 2.46. The van der Waals surface area contributed by atoms with Gasteiger partial charge in [-0.05, 0) is 19.3 Å². The van der Waals surface area contributed by atoms with Crippen molar-refractivity contribution in [1.29, 1.82) is 0 Å². The van der Waals surface area contributed by atoms with Crippen LogP contribution in [0.2, 0.25) is 0 Å². The number of nitrogens with zero attached hydrogens (tertiary/aromatic N) is 1. The van der Waals surface area contributed by atoms with Crippen LogP contribution in [-0.2, 0) is 9.09 Å². The molecule has 0 spiro atoms. The van der Waals surface area contributed by atoms with Crippen molar-refractivity contribution >= 4 is 7.75 Å². The molecule has 0 saturated carbocycles. The van der Waals surface area contributed by atoms with Gasteiger partial charge in [-0.25, -0.2) is 9.24 Å². The lowest BCUT2D eigenvalue weighted by Crippen LogP contribution is -2.24. The molecule has 0 bridgehead atoms. The van der Waals surface area contributed by atoms with Gasteiger partial charge in [0.15, 0.2) is 0 Å². The van der Waals surface area contributed by atoms with E-state index in [1.165, 1.54) is 57.8 Å². The fourth-order valence-corrected chi connectivity index (χ4v) is 4.45. The summed E-state index contributed by atoms with van der Waals surface area (Å²) in [6, 6.07) is 0. The Morgan fingerprint density at radius 1 is 0.654 bits per heavy atom. The predicted molar refractivity (Wildman–Crippen MR) is 114 cm³/mol. The second kappa shape index (κ2) is 18.5. The maximum atomic E-state index is 12.7. The zero-order valence-electron chi connectivity index (χ0n) is 17.9. The summed E-state index contributed by atoms with van der Waals surface area (Å²) in [6.45, 7) is 8.37. The molecule has 0 saturated heterocycles. The molecule has 5 heteroatoms.